The Morgan fingerprint density at radius 3 is 1.21 bits per heavy atom. The Morgan fingerprint density at radius 1 is 0.434 bits per heavy atom. The number of ether oxygens (including phenoxy) is 3. The van der Waals surface area contributed by atoms with Gasteiger partial charge in [0.15, 0.2) is 6.10 Å². The number of allylic oxidation sites excluding steroid dienone is 5. The molecule has 0 saturated heterocycles. The molecule has 0 aromatic carbocycles. The van der Waals surface area contributed by atoms with Crippen LogP contribution in [0, 0.1) is 0 Å². The second-order valence-electron chi connectivity index (χ2n) is 15.0. The molecule has 6 heteroatoms. The molecule has 0 fully saturated rings. The van der Waals surface area contributed by atoms with Gasteiger partial charge in [-0.2, -0.15) is 0 Å². The van der Waals surface area contributed by atoms with Gasteiger partial charge >= 0.3 is 17.9 Å². The predicted molar refractivity (Wildman–Crippen MR) is 224 cm³/mol. The summed E-state index contributed by atoms with van der Waals surface area (Å²) in [6.45, 7) is 8.09. The lowest BCUT2D eigenvalue weighted by Gasteiger charge is -2.18. The summed E-state index contributed by atoms with van der Waals surface area (Å²) in [5.41, 5.74) is 0. The van der Waals surface area contributed by atoms with Crippen molar-refractivity contribution in [2.24, 2.45) is 0 Å². The van der Waals surface area contributed by atoms with Crippen LogP contribution in [0.5, 0.6) is 0 Å². The van der Waals surface area contributed by atoms with Crippen LogP contribution < -0.4 is 0 Å². The molecule has 0 saturated carbocycles. The summed E-state index contributed by atoms with van der Waals surface area (Å²) in [6, 6.07) is 0. The highest BCUT2D eigenvalue weighted by molar-refractivity contribution is 5.71. The molecule has 0 rings (SSSR count). The minimum Gasteiger partial charge on any atom is -0.462 e. The van der Waals surface area contributed by atoms with E-state index >= 15 is 0 Å². The SMILES string of the molecule is C=CCCCCCCCC(=O)OC(COC(=O)CCCCCCC/C=C\C/C=C\CCCCC)COC(=O)CCCCCCCCCCCCCCC. The lowest BCUT2D eigenvalue weighted by Crippen LogP contribution is -2.30. The zero-order valence-electron chi connectivity index (χ0n) is 34.9. The van der Waals surface area contributed by atoms with Crippen molar-refractivity contribution in [1.29, 1.82) is 0 Å². The van der Waals surface area contributed by atoms with Crippen LogP contribution in [0.2, 0.25) is 0 Å². The minimum atomic E-state index is -0.778. The van der Waals surface area contributed by atoms with Crippen LogP contribution in [0.1, 0.15) is 226 Å². The Balaban J connectivity index is 4.28. The number of hydrogen-bond acceptors (Lipinski definition) is 6. The molecule has 1 unspecified atom stereocenters. The van der Waals surface area contributed by atoms with Gasteiger partial charge in [0, 0.05) is 19.3 Å². The second-order valence-corrected chi connectivity index (χ2v) is 15.0. The maximum absolute atomic E-state index is 12.6. The molecule has 308 valence electrons. The molecule has 0 aromatic rings. The average Bonchev–Trinajstić information content (AvgIpc) is 3.15. The molecule has 53 heavy (non-hydrogen) atoms. The van der Waals surface area contributed by atoms with Crippen LogP contribution in [-0.2, 0) is 28.6 Å². The molecule has 0 radical (unpaired) electrons. The van der Waals surface area contributed by atoms with Crippen LogP contribution >= 0.6 is 0 Å². The maximum atomic E-state index is 12.6. The summed E-state index contributed by atoms with van der Waals surface area (Å²) in [4.78, 5) is 37.6. The van der Waals surface area contributed by atoms with E-state index < -0.39 is 6.10 Å². The topological polar surface area (TPSA) is 78.9 Å². The molecule has 0 bridgehead atoms. The fraction of sp³-hybridized carbons (Fsp3) is 0.809. The van der Waals surface area contributed by atoms with Gasteiger partial charge in [0.05, 0.1) is 0 Å². The van der Waals surface area contributed by atoms with E-state index in [-0.39, 0.29) is 31.1 Å². The molecule has 0 heterocycles. The van der Waals surface area contributed by atoms with E-state index in [1.807, 2.05) is 6.08 Å². The number of carbonyl (C=O) groups is 3. The highest BCUT2D eigenvalue weighted by Crippen LogP contribution is 2.14. The lowest BCUT2D eigenvalue weighted by atomic mass is 10.0. The highest BCUT2D eigenvalue weighted by Gasteiger charge is 2.19. The molecule has 0 aliphatic carbocycles. The first kappa shape index (κ1) is 50.6. The maximum Gasteiger partial charge on any atom is 0.306 e. The van der Waals surface area contributed by atoms with Gasteiger partial charge in [0.1, 0.15) is 13.2 Å². The summed E-state index contributed by atoms with van der Waals surface area (Å²) in [6.07, 6.45) is 46.0. The standard InChI is InChI=1S/C47H84O6/c1-4-7-10-13-16-18-20-22-23-25-27-29-32-34-37-40-46(49)52-43-44(53-47(50)41-38-35-30-15-12-9-6-3)42-51-45(48)39-36-33-31-28-26-24-21-19-17-14-11-8-5-2/h6,16,18,22-23,44H,3-5,7-15,17,19-21,24-43H2,1-2H3/b18-16-,23-22-. The Morgan fingerprint density at radius 2 is 0.774 bits per heavy atom. The fourth-order valence-corrected chi connectivity index (χ4v) is 6.33. The molecule has 0 N–H and O–H groups in total. The average molecular weight is 745 g/mol. The Hall–Kier alpha value is -2.37. The van der Waals surface area contributed by atoms with Gasteiger partial charge in [-0.3, -0.25) is 14.4 Å². The van der Waals surface area contributed by atoms with Crippen molar-refractivity contribution in [3.63, 3.8) is 0 Å². The zero-order chi connectivity index (χ0) is 38.7. The third kappa shape index (κ3) is 40.6. The Labute approximate surface area is 327 Å². The number of hydrogen-bond donors (Lipinski definition) is 0. The van der Waals surface area contributed by atoms with E-state index in [1.165, 1.54) is 96.3 Å². The first-order valence-corrected chi connectivity index (χ1v) is 22.4. The monoisotopic (exact) mass is 745 g/mol. The molecule has 0 aromatic heterocycles. The highest BCUT2D eigenvalue weighted by atomic mass is 16.6. The van der Waals surface area contributed by atoms with Gasteiger partial charge in [-0.25, -0.2) is 0 Å². The van der Waals surface area contributed by atoms with E-state index in [4.69, 9.17) is 14.2 Å². The van der Waals surface area contributed by atoms with Crippen LogP contribution in [0.25, 0.3) is 0 Å². The van der Waals surface area contributed by atoms with Crippen LogP contribution in [-0.4, -0.2) is 37.2 Å². The quantitative estimate of drug-likeness (QED) is 0.0268. The van der Waals surface area contributed by atoms with Gasteiger partial charge in [-0.15, -0.1) is 6.58 Å². The van der Waals surface area contributed by atoms with Gasteiger partial charge in [-0.1, -0.05) is 173 Å². The molecular weight excluding hydrogens is 661 g/mol. The molecule has 6 nitrogen and oxygen atoms in total. The van der Waals surface area contributed by atoms with Crippen molar-refractivity contribution in [2.45, 2.75) is 232 Å². The van der Waals surface area contributed by atoms with Crippen molar-refractivity contribution in [1.82, 2.24) is 0 Å². The Kier molecular flexibility index (Phi) is 40.5. The number of carbonyl (C=O) groups excluding carboxylic acids is 3. The first-order valence-electron chi connectivity index (χ1n) is 22.4. The summed E-state index contributed by atoms with van der Waals surface area (Å²) >= 11 is 0. The van der Waals surface area contributed by atoms with Gasteiger partial charge in [0.25, 0.3) is 0 Å². The Bertz CT molecular complexity index is 893. The van der Waals surface area contributed by atoms with Crippen molar-refractivity contribution in [3.8, 4) is 0 Å². The summed E-state index contributed by atoms with van der Waals surface area (Å²) in [7, 11) is 0. The van der Waals surface area contributed by atoms with Crippen molar-refractivity contribution >= 4 is 17.9 Å². The first-order chi connectivity index (χ1) is 26.0. The van der Waals surface area contributed by atoms with Crippen molar-refractivity contribution < 1.29 is 28.6 Å². The fourth-order valence-electron chi connectivity index (χ4n) is 6.33. The van der Waals surface area contributed by atoms with Crippen LogP contribution in [0.3, 0.4) is 0 Å². The molecule has 0 aliphatic heterocycles. The largest absolute Gasteiger partial charge is 0.462 e. The van der Waals surface area contributed by atoms with Crippen LogP contribution in [0.4, 0.5) is 0 Å². The third-order valence-corrected chi connectivity index (χ3v) is 9.76. The second kappa shape index (κ2) is 42.4. The van der Waals surface area contributed by atoms with Crippen molar-refractivity contribution in [2.75, 3.05) is 13.2 Å². The van der Waals surface area contributed by atoms with Crippen LogP contribution in [0.15, 0.2) is 37.0 Å². The predicted octanol–water partition coefficient (Wildman–Crippen LogP) is 14.2. The lowest BCUT2D eigenvalue weighted by molar-refractivity contribution is -0.167. The number of esters is 3. The molecule has 0 amide bonds. The molecule has 0 aliphatic rings. The van der Waals surface area contributed by atoms with E-state index in [2.05, 4.69) is 44.7 Å². The number of rotatable bonds is 41. The third-order valence-electron chi connectivity index (χ3n) is 9.76. The zero-order valence-corrected chi connectivity index (χ0v) is 34.9. The molecule has 0 spiro atoms. The van der Waals surface area contributed by atoms with E-state index in [9.17, 15) is 14.4 Å². The van der Waals surface area contributed by atoms with Gasteiger partial charge in [0.2, 0.25) is 0 Å². The normalized spacial score (nSPS) is 12.0. The summed E-state index contributed by atoms with van der Waals surface area (Å²) in [5.74, 6) is -0.918. The van der Waals surface area contributed by atoms with E-state index in [0.29, 0.717) is 19.3 Å². The summed E-state index contributed by atoms with van der Waals surface area (Å²) < 4.78 is 16.6. The summed E-state index contributed by atoms with van der Waals surface area (Å²) in [5, 5.41) is 0. The van der Waals surface area contributed by atoms with Gasteiger partial charge in [-0.05, 0) is 64.2 Å². The van der Waals surface area contributed by atoms with Gasteiger partial charge < -0.3 is 14.2 Å². The van der Waals surface area contributed by atoms with Crippen molar-refractivity contribution in [3.05, 3.63) is 37.0 Å². The molecule has 1 atom stereocenters. The molecular formula is C47H84O6. The smallest absolute Gasteiger partial charge is 0.306 e. The van der Waals surface area contributed by atoms with E-state index in [0.717, 1.165) is 96.3 Å². The minimum absolute atomic E-state index is 0.0818. The van der Waals surface area contributed by atoms with E-state index in [1.54, 1.807) is 0 Å². The number of unbranched alkanes of at least 4 members (excludes halogenated alkanes) is 25.